The Bertz CT molecular complexity index is 301. The minimum atomic E-state index is 0.272. The van der Waals surface area contributed by atoms with E-state index < -0.39 is 0 Å². The van der Waals surface area contributed by atoms with Gasteiger partial charge in [0.15, 0.2) is 0 Å². The fourth-order valence-corrected chi connectivity index (χ4v) is 1.63. The van der Waals surface area contributed by atoms with Crippen LogP contribution in [0.1, 0.15) is 6.42 Å². The van der Waals surface area contributed by atoms with Gasteiger partial charge >= 0.3 is 0 Å². The van der Waals surface area contributed by atoms with Crippen molar-refractivity contribution in [3.05, 3.63) is 0 Å². The van der Waals surface area contributed by atoms with Crippen LogP contribution in [0.3, 0.4) is 0 Å². The minimum Gasteiger partial charge on any atom is -0.309 e. The van der Waals surface area contributed by atoms with Crippen LogP contribution in [0.25, 0.3) is 0 Å². The molecule has 7 heteroatoms. The highest BCUT2D eigenvalue weighted by molar-refractivity contribution is 7.99. The molecular weight excluding hydrogens is 214 g/mol. The van der Waals surface area contributed by atoms with Crippen molar-refractivity contribution in [2.24, 2.45) is 0 Å². The number of thioether (sulfide) groups is 1. The fourth-order valence-electron chi connectivity index (χ4n) is 1.07. The van der Waals surface area contributed by atoms with Gasteiger partial charge in [-0.25, -0.2) is 4.68 Å². The number of hydrogen-bond donors (Lipinski definition) is 0. The zero-order chi connectivity index (χ0) is 11.1. The third-order valence-corrected chi connectivity index (χ3v) is 2.55. The summed E-state index contributed by atoms with van der Waals surface area (Å²) >= 11 is 1.30. The zero-order valence-corrected chi connectivity index (χ0v) is 9.70. The summed E-state index contributed by atoms with van der Waals surface area (Å²) in [6.45, 7) is 1.76. The second-order valence-corrected chi connectivity index (χ2v) is 4.22. The Morgan fingerprint density at radius 2 is 2.33 bits per heavy atom. The number of rotatable bonds is 7. The molecule has 0 atom stereocenters. The van der Waals surface area contributed by atoms with Gasteiger partial charge in [0.2, 0.25) is 11.4 Å². The van der Waals surface area contributed by atoms with Crippen molar-refractivity contribution in [2.75, 3.05) is 26.4 Å². The summed E-state index contributed by atoms with van der Waals surface area (Å²) < 4.78 is 1.71. The summed E-state index contributed by atoms with van der Waals surface area (Å²) in [6.07, 6.45) is 2.79. The summed E-state index contributed by atoms with van der Waals surface area (Å²) in [5, 5.41) is 11.9. The van der Waals surface area contributed by atoms with E-state index in [1.807, 2.05) is 14.1 Å². The average molecular weight is 228 g/mol. The summed E-state index contributed by atoms with van der Waals surface area (Å²) in [5.41, 5.74) is 0. The minimum absolute atomic E-state index is 0.272. The van der Waals surface area contributed by atoms with E-state index in [2.05, 4.69) is 20.4 Å². The maximum Gasteiger partial charge on any atom is 0.209 e. The summed E-state index contributed by atoms with van der Waals surface area (Å²) in [6, 6.07) is 0. The molecule has 1 rings (SSSR count). The largest absolute Gasteiger partial charge is 0.309 e. The van der Waals surface area contributed by atoms with Gasteiger partial charge in [-0.05, 0) is 37.5 Å². The molecule has 0 saturated carbocycles. The molecule has 0 saturated heterocycles. The molecule has 0 unspecified atom stereocenters. The van der Waals surface area contributed by atoms with Gasteiger partial charge in [0.1, 0.15) is 0 Å². The third kappa shape index (κ3) is 4.39. The van der Waals surface area contributed by atoms with Crippen LogP contribution in [0, 0.1) is 0 Å². The van der Waals surface area contributed by atoms with Gasteiger partial charge in [0.25, 0.3) is 0 Å². The van der Waals surface area contributed by atoms with E-state index in [1.165, 1.54) is 11.8 Å². The number of carbonyl (C=O) groups excluding carboxylic acids is 1. The van der Waals surface area contributed by atoms with E-state index in [9.17, 15) is 4.79 Å². The molecule has 0 aromatic carbocycles. The quantitative estimate of drug-likeness (QED) is 0.604. The summed E-state index contributed by atoms with van der Waals surface area (Å²) in [5.74, 6) is 0.272. The van der Waals surface area contributed by atoms with Crippen molar-refractivity contribution < 1.29 is 4.79 Å². The van der Waals surface area contributed by atoms with Gasteiger partial charge in [-0.15, -0.1) is 5.10 Å². The summed E-state index contributed by atoms with van der Waals surface area (Å²) in [4.78, 5) is 12.2. The first-order valence-corrected chi connectivity index (χ1v) is 5.61. The molecule has 1 heterocycles. The van der Waals surface area contributed by atoms with E-state index in [0.29, 0.717) is 5.16 Å². The van der Waals surface area contributed by atoms with Crippen molar-refractivity contribution in [2.45, 2.75) is 18.1 Å². The molecule has 15 heavy (non-hydrogen) atoms. The first-order valence-electron chi connectivity index (χ1n) is 4.62. The van der Waals surface area contributed by atoms with Crippen LogP contribution in [0.15, 0.2) is 5.16 Å². The lowest BCUT2D eigenvalue weighted by atomic mass is 10.4. The van der Waals surface area contributed by atoms with E-state index in [-0.39, 0.29) is 5.75 Å². The highest BCUT2D eigenvalue weighted by Crippen LogP contribution is 2.11. The van der Waals surface area contributed by atoms with Crippen molar-refractivity contribution in [3.8, 4) is 0 Å². The van der Waals surface area contributed by atoms with Crippen LogP contribution < -0.4 is 0 Å². The molecule has 0 aliphatic rings. The normalized spacial score (nSPS) is 10.9. The molecule has 1 aromatic heterocycles. The van der Waals surface area contributed by atoms with Gasteiger partial charge in [0, 0.05) is 6.54 Å². The van der Waals surface area contributed by atoms with Gasteiger partial charge in [0.05, 0.1) is 5.75 Å². The van der Waals surface area contributed by atoms with E-state index in [1.54, 1.807) is 11.0 Å². The van der Waals surface area contributed by atoms with Crippen LogP contribution in [-0.4, -0.2) is 57.8 Å². The second kappa shape index (κ2) is 6.52. The highest BCUT2D eigenvalue weighted by atomic mass is 32.2. The van der Waals surface area contributed by atoms with Crippen molar-refractivity contribution >= 4 is 18.0 Å². The molecular formula is C8H14N5OS. The number of tetrazole rings is 1. The SMILES string of the molecule is CN(C)CCCn1nnnc1SC[C]=O. The molecule has 0 fully saturated rings. The number of nitrogens with zero attached hydrogens (tertiary/aromatic N) is 5. The monoisotopic (exact) mass is 228 g/mol. The smallest absolute Gasteiger partial charge is 0.209 e. The van der Waals surface area contributed by atoms with Gasteiger partial charge in [-0.3, -0.25) is 4.79 Å². The zero-order valence-electron chi connectivity index (χ0n) is 8.88. The molecule has 1 aromatic rings. The molecule has 0 aliphatic heterocycles. The lowest BCUT2D eigenvalue weighted by Crippen LogP contribution is -2.15. The Kier molecular flexibility index (Phi) is 5.27. The first kappa shape index (κ1) is 12.1. The molecule has 0 aliphatic carbocycles. The predicted molar refractivity (Wildman–Crippen MR) is 57.4 cm³/mol. The molecule has 83 valence electrons. The van der Waals surface area contributed by atoms with Crippen LogP contribution in [0.2, 0.25) is 0 Å². The fraction of sp³-hybridized carbons (Fsp3) is 0.750. The molecule has 1 radical (unpaired) electrons. The van der Waals surface area contributed by atoms with Gasteiger partial charge in [-0.1, -0.05) is 11.8 Å². The Hall–Kier alpha value is -0.950. The van der Waals surface area contributed by atoms with Gasteiger partial charge in [-0.2, -0.15) is 0 Å². The molecule has 0 N–H and O–H groups in total. The standard InChI is InChI=1S/C8H14N5OS/c1-12(2)4-3-5-13-8(9-10-11-13)15-7-6-14/h3-5,7H2,1-2H3. The Morgan fingerprint density at radius 1 is 1.53 bits per heavy atom. The Balaban J connectivity index is 2.39. The van der Waals surface area contributed by atoms with Crippen molar-refractivity contribution in [1.29, 1.82) is 0 Å². The number of aryl methyl sites for hydroxylation is 1. The highest BCUT2D eigenvalue weighted by Gasteiger charge is 2.05. The van der Waals surface area contributed by atoms with Crippen LogP contribution in [0.4, 0.5) is 0 Å². The van der Waals surface area contributed by atoms with E-state index >= 15 is 0 Å². The van der Waals surface area contributed by atoms with E-state index in [0.717, 1.165) is 19.5 Å². The third-order valence-electron chi connectivity index (χ3n) is 1.73. The van der Waals surface area contributed by atoms with Crippen LogP contribution in [0.5, 0.6) is 0 Å². The maximum atomic E-state index is 10.1. The first-order chi connectivity index (χ1) is 7.24. The topological polar surface area (TPSA) is 63.9 Å². The van der Waals surface area contributed by atoms with Crippen molar-refractivity contribution in [1.82, 2.24) is 25.1 Å². The van der Waals surface area contributed by atoms with Crippen molar-refractivity contribution in [3.63, 3.8) is 0 Å². The number of aromatic nitrogens is 4. The lowest BCUT2D eigenvalue weighted by Gasteiger charge is -2.08. The Labute approximate surface area is 93.0 Å². The Morgan fingerprint density at radius 3 is 3.00 bits per heavy atom. The average Bonchev–Trinajstić information content (AvgIpc) is 2.62. The van der Waals surface area contributed by atoms with E-state index in [4.69, 9.17) is 0 Å². The van der Waals surface area contributed by atoms with Gasteiger partial charge < -0.3 is 4.90 Å². The maximum absolute atomic E-state index is 10.1. The summed E-state index contributed by atoms with van der Waals surface area (Å²) in [7, 11) is 4.05. The molecule has 0 amide bonds. The molecule has 0 bridgehead atoms. The molecule has 6 nitrogen and oxygen atoms in total. The van der Waals surface area contributed by atoms with Crippen LogP contribution >= 0.6 is 11.8 Å². The number of hydrogen-bond acceptors (Lipinski definition) is 6. The van der Waals surface area contributed by atoms with Crippen LogP contribution in [-0.2, 0) is 11.3 Å². The second-order valence-electron chi connectivity index (χ2n) is 3.27. The predicted octanol–water partition coefficient (Wildman–Crippen LogP) is -0.173. The molecule has 0 spiro atoms. The lowest BCUT2D eigenvalue weighted by molar-refractivity contribution is 0.373.